The van der Waals surface area contributed by atoms with Gasteiger partial charge < -0.3 is 4.74 Å². The molecule has 158 valence electrons. The predicted molar refractivity (Wildman–Crippen MR) is 116 cm³/mol. The van der Waals surface area contributed by atoms with Crippen molar-refractivity contribution >= 4 is 5.65 Å². The molecule has 4 heterocycles. The first-order valence-corrected chi connectivity index (χ1v) is 10.5. The maximum atomic E-state index is 13.8. The molecule has 3 aromatic heterocycles. The summed E-state index contributed by atoms with van der Waals surface area (Å²) in [6.07, 6.45) is 7.81. The average molecular weight is 417 g/mol. The van der Waals surface area contributed by atoms with Crippen molar-refractivity contribution in [3.05, 3.63) is 78.3 Å². The summed E-state index contributed by atoms with van der Waals surface area (Å²) >= 11 is 0. The second-order valence-corrected chi connectivity index (χ2v) is 7.97. The maximum absolute atomic E-state index is 13.8. The van der Waals surface area contributed by atoms with E-state index in [1.807, 2.05) is 30.6 Å². The van der Waals surface area contributed by atoms with Crippen molar-refractivity contribution in [3.8, 4) is 16.9 Å². The third-order valence-electron chi connectivity index (χ3n) is 5.82. The van der Waals surface area contributed by atoms with Gasteiger partial charge in [0.05, 0.1) is 7.11 Å². The molecule has 0 aliphatic carbocycles. The number of halogens is 1. The molecule has 1 atom stereocenters. The Labute approximate surface area is 180 Å². The number of pyridine rings is 2. The first-order chi connectivity index (χ1) is 15.2. The highest BCUT2D eigenvalue weighted by molar-refractivity contribution is 5.71. The van der Waals surface area contributed by atoms with E-state index in [0.29, 0.717) is 11.3 Å². The quantitative estimate of drug-likeness (QED) is 0.484. The van der Waals surface area contributed by atoms with Crippen LogP contribution in [0.15, 0.2) is 61.1 Å². The summed E-state index contributed by atoms with van der Waals surface area (Å²) in [4.78, 5) is 11.4. The third-order valence-corrected chi connectivity index (χ3v) is 5.82. The van der Waals surface area contributed by atoms with Gasteiger partial charge in [0.2, 0.25) is 0 Å². The van der Waals surface area contributed by atoms with Crippen LogP contribution in [0.3, 0.4) is 0 Å². The fourth-order valence-electron chi connectivity index (χ4n) is 4.30. The van der Waals surface area contributed by atoms with Gasteiger partial charge in [-0.15, -0.1) is 0 Å². The smallest absolute Gasteiger partial charge is 0.156 e. The zero-order valence-electron chi connectivity index (χ0n) is 17.4. The summed E-state index contributed by atoms with van der Waals surface area (Å²) in [5.74, 6) is 1.47. The van der Waals surface area contributed by atoms with E-state index in [0.717, 1.165) is 49.5 Å². The minimum atomic E-state index is -0.300. The standard InChI is InChI=1S/C24H24FN5O/c1-31-22-8-7-20(25)12-21(22)18-6-9-23-27-24(28-30(23)16-18)19-5-3-11-29(15-19)14-17-4-2-10-26-13-17/h2,4,6-10,12-13,16,19H,3,5,11,14-15H2,1H3/t19-/m1/s1. The van der Waals surface area contributed by atoms with Crippen molar-refractivity contribution < 1.29 is 9.13 Å². The molecule has 1 aromatic carbocycles. The number of fused-ring (bicyclic) bond motifs is 1. The zero-order valence-corrected chi connectivity index (χ0v) is 17.4. The molecular formula is C24H24FN5O. The molecule has 0 saturated carbocycles. The first-order valence-electron chi connectivity index (χ1n) is 10.5. The fourth-order valence-corrected chi connectivity index (χ4v) is 4.30. The van der Waals surface area contributed by atoms with Gasteiger partial charge >= 0.3 is 0 Å². The van der Waals surface area contributed by atoms with Crippen LogP contribution in [0.25, 0.3) is 16.8 Å². The Balaban J connectivity index is 1.39. The predicted octanol–water partition coefficient (Wildman–Crippen LogP) is 4.32. The highest BCUT2D eigenvalue weighted by Crippen LogP contribution is 2.31. The number of ether oxygens (including phenoxy) is 1. The van der Waals surface area contributed by atoms with E-state index in [4.69, 9.17) is 14.8 Å². The lowest BCUT2D eigenvalue weighted by Crippen LogP contribution is -2.34. The molecule has 31 heavy (non-hydrogen) atoms. The Bertz CT molecular complexity index is 1190. The summed E-state index contributed by atoms with van der Waals surface area (Å²) in [7, 11) is 1.59. The van der Waals surface area contributed by atoms with Crippen molar-refractivity contribution in [2.45, 2.75) is 25.3 Å². The summed E-state index contributed by atoms with van der Waals surface area (Å²) in [6.45, 7) is 2.89. The Morgan fingerprint density at radius 3 is 2.97 bits per heavy atom. The van der Waals surface area contributed by atoms with Gasteiger partial charge in [0.1, 0.15) is 11.6 Å². The van der Waals surface area contributed by atoms with E-state index in [1.165, 1.54) is 17.7 Å². The second kappa shape index (κ2) is 8.43. The molecule has 1 fully saturated rings. The van der Waals surface area contributed by atoms with E-state index in [2.05, 4.69) is 16.0 Å². The lowest BCUT2D eigenvalue weighted by molar-refractivity contribution is 0.196. The normalized spacial score (nSPS) is 17.2. The fraction of sp³-hybridized carbons (Fsp3) is 0.292. The monoisotopic (exact) mass is 417 g/mol. The van der Waals surface area contributed by atoms with Gasteiger partial charge in [-0.2, -0.15) is 5.10 Å². The SMILES string of the molecule is COc1ccc(F)cc1-c1ccc2nc([C@@H]3CCCN(Cc4cccnc4)C3)nn2c1. The Hall–Kier alpha value is -3.32. The van der Waals surface area contributed by atoms with Crippen molar-refractivity contribution in [2.24, 2.45) is 0 Å². The van der Waals surface area contributed by atoms with Gasteiger partial charge in [0.25, 0.3) is 0 Å². The number of likely N-dealkylation sites (tertiary alicyclic amines) is 1. The summed E-state index contributed by atoms with van der Waals surface area (Å²) in [6, 6.07) is 12.5. The molecule has 1 aliphatic heterocycles. The van der Waals surface area contributed by atoms with Gasteiger partial charge in [-0.1, -0.05) is 6.07 Å². The highest BCUT2D eigenvalue weighted by atomic mass is 19.1. The summed E-state index contributed by atoms with van der Waals surface area (Å²) in [5, 5.41) is 4.77. The van der Waals surface area contributed by atoms with Crippen LogP contribution in [0.2, 0.25) is 0 Å². The number of rotatable bonds is 5. The van der Waals surface area contributed by atoms with Gasteiger partial charge in [0.15, 0.2) is 11.5 Å². The van der Waals surface area contributed by atoms with Gasteiger partial charge in [-0.3, -0.25) is 9.88 Å². The topological polar surface area (TPSA) is 55.5 Å². The zero-order chi connectivity index (χ0) is 21.2. The van der Waals surface area contributed by atoms with Crippen molar-refractivity contribution in [2.75, 3.05) is 20.2 Å². The summed E-state index contributed by atoms with van der Waals surface area (Å²) < 4.78 is 21.0. The Morgan fingerprint density at radius 1 is 1.19 bits per heavy atom. The van der Waals surface area contributed by atoms with Crippen LogP contribution < -0.4 is 4.74 Å². The van der Waals surface area contributed by atoms with E-state index in [9.17, 15) is 4.39 Å². The lowest BCUT2D eigenvalue weighted by atomic mass is 9.97. The van der Waals surface area contributed by atoms with Crippen LogP contribution in [-0.4, -0.2) is 44.7 Å². The number of methoxy groups -OCH3 is 1. The van der Waals surface area contributed by atoms with Crippen LogP contribution in [0.4, 0.5) is 4.39 Å². The molecule has 0 unspecified atom stereocenters. The van der Waals surface area contributed by atoms with Crippen molar-refractivity contribution in [1.29, 1.82) is 0 Å². The molecule has 4 aromatic rings. The molecule has 0 bridgehead atoms. The molecule has 0 N–H and O–H groups in total. The summed E-state index contributed by atoms with van der Waals surface area (Å²) in [5.41, 5.74) is 3.54. The second-order valence-electron chi connectivity index (χ2n) is 7.97. The van der Waals surface area contributed by atoms with Crippen LogP contribution in [0, 0.1) is 5.82 Å². The van der Waals surface area contributed by atoms with E-state index in [-0.39, 0.29) is 11.7 Å². The van der Waals surface area contributed by atoms with Crippen LogP contribution in [0.1, 0.15) is 30.1 Å². The van der Waals surface area contributed by atoms with E-state index < -0.39 is 0 Å². The van der Waals surface area contributed by atoms with E-state index in [1.54, 1.807) is 23.9 Å². The highest BCUT2D eigenvalue weighted by Gasteiger charge is 2.25. The number of aromatic nitrogens is 4. The Morgan fingerprint density at radius 2 is 2.13 bits per heavy atom. The molecule has 6 nitrogen and oxygen atoms in total. The number of hydrogen-bond donors (Lipinski definition) is 0. The molecule has 0 amide bonds. The molecule has 1 saturated heterocycles. The van der Waals surface area contributed by atoms with Crippen LogP contribution in [0.5, 0.6) is 5.75 Å². The first kappa shape index (κ1) is 19.6. The van der Waals surface area contributed by atoms with Crippen molar-refractivity contribution in [1.82, 2.24) is 24.5 Å². The van der Waals surface area contributed by atoms with Crippen molar-refractivity contribution in [3.63, 3.8) is 0 Å². The molecule has 5 rings (SSSR count). The van der Waals surface area contributed by atoms with Crippen LogP contribution in [-0.2, 0) is 6.54 Å². The number of hydrogen-bond acceptors (Lipinski definition) is 5. The molecule has 7 heteroatoms. The van der Waals surface area contributed by atoms with Gasteiger partial charge in [0, 0.05) is 48.7 Å². The molecular weight excluding hydrogens is 393 g/mol. The number of benzene rings is 1. The minimum absolute atomic E-state index is 0.289. The maximum Gasteiger partial charge on any atom is 0.156 e. The average Bonchev–Trinajstić information content (AvgIpc) is 3.23. The lowest BCUT2D eigenvalue weighted by Gasteiger charge is -2.31. The molecule has 0 radical (unpaired) electrons. The van der Waals surface area contributed by atoms with E-state index >= 15 is 0 Å². The molecule has 1 aliphatic rings. The third kappa shape index (κ3) is 4.14. The van der Waals surface area contributed by atoms with Gasteiger partial charge in [-0.25, -0.2) is 13.9 Å². The number of piperidine rings is 1. The van der Waals surface area contributed by atoms with Crippen LogP contribution >= 0.6 is 0 Å². The van der Waals surface area contributed by atoms with Gasteiger partial charge in [-0.05, 0) is 61.3 Å². The largest absolute Gasteiger partial charge is 0.496 e. The Kier molecular flexibility index (Phi) is 5.34. The number of nitrogens with zero attached hydrogens (tertiary/aromatic N) is 5. The molecule has 0 spiro atoms. The minimum Gasteiger partial charge on any atom is -0.496 e.